The summed E-state index contributed by atoms with van der Waals surface area (Å²) in [6, 6.07) is 15.7. The maximum absolute atomic E-state index is 13.2. The Morgan fingerprint density at radius 2 is 1.71 bits per heavy atom. The normalized spacial score (nSPS) is 14.2. The number of aryl methyl sites for hydroxylation is 1. The van der Waals surface area contributed by atoms with E-state index in [2.05, 4.69) is 5.32 Å². The maximum atomic E-state index is 13.2. The van der Waals surface area contributed by atoms with Gasteiger partial charge < -0.3 is 5.32 Å². The molecule has 4 rings (SSSR count). The molecule has 0 atom stereocenters. The Labute approximate surface area is 176 Å². The summed E-state index contributed by atoms with van der Waals surface area (Å²) in [7, 11) is 0. The van der Waals surface area contributed by atoms with Gasteiger partial charge in [-0.15, -0.1) is 11.3 Å². The largest absolute Gasteiger partial charge is 0.350 e. The van der Waals surface area contributed by atoms with Gasteiger partial charge in [0.2, 0.25) is 0 Å². The fourth-order valence-electron chi connectivity index (χ4n) is 3.05. The average molecular weight is 429 g/mol. The molecule has 0 saturated carbocycles. The minimum absolute atomic E-state index is 0.234. The highest BCUT2D eigenvalue weighted by atomic mass is 35.5. The lowest BCUT2D eigenvalue weighted by Gasteiger charge is -2.16. The van der Waals surface area contributed by atoms with Gasteiger partial charge in [-0.05, 0) is 60.3 Å². The van der Waals surface area contributed by atoms with Gasteiger partial charge in [0.25, 0.3) is 11.8 Å². The second-order valence-corrected chi connectivity index (χ2v) is 8.06. The molecule has 1 aliphatic rings. The lowest BCUT2D eigenvalue weighted by molar-refractivity contribution is -0.120. The summed E-state index contributed by atoms with van der Waals surface area (Å²) in [5.41, 5.74) is 2.59. The Morgan fingerprint density at radius 3 is 2.39 bits per heavy atom. The van der Waals surface area contributed by atoms with Crippen LogP contribution in [0.4, 0.5) is 11.4 Å². The quantitative estimate of drug-likeness (QED) is 0.537. The van der Waals surface area contributed by atoms with Crippen LogP contribution in [0.1, 0.15) is 10.4 Å². The fourth-order valence-corrected chi connectivity index (χ4v) is 4.23. The predicted octanol–water partition coefficient (Wildman–Crippen LogP) is 5.76. The van der Waals surface area contributed by atoms with Crippen LogP contribution >= 0.6 is 34.5 Å². The monoisotopic (exact) mass is 428 g/mol. The number of thiophene rings is 1. The van der Waals surface area contributed by atoms with Gasteiger partial charge in [-0.2, -0.15) is 0 Å². The van der Waals surface area contributed by atoms with Crippen LogP contribution < -0.4 is 10.2 Å². The van der Waals surface area contributed by atoms with E-state index in [-0.39, 0.29) is 11.6 Å². The lowest BCUT2D eigenvalue weighted by atomic mass is 10.1. The van der Waals surface area contributed by atoms with Crippen LogP contribution in [0.15, 0.2) is 65.7 Å². The molecule has 0 bridgehead atoms. The van der Waals surface area contributed by atoms with Gasteiger partial charge in [0.05, 0.1) is 11.3 Å². The zero-order chi connectivity index (χ0) is 19.8. The van der Waals surface area contributed by atoms with E-state index in [0.29, 0.717) is 27.0 Å². The standard InChI is InChI=1S/C21H14Cl2N2O2S/c1-12-10-14(23)7-8-16(12)24-19-18(17-6-3-9-28-17)20(26)25(21(19)27)15-5-2-4-13(22)11-15/h2-11,24H,1H3. The number of amides is 2. The second kappa shape index (κ2) is 7.43. The van der Waals surface area contributed by atoms with Crippen molar-refractivity contribution in [1.82, 2.24) is 0 Å². The van der Waals surface area contributed by atoms with E-state index in [4.69, 9.17) is 23.2 Å². The Balaban J connectivity index is 1.82. The lowest BCUT2D eigenvalue weighted by Crippen LogP contribution is -2.32. The number of hydrogen-bond acceptors (Lipinski definition) is 4. The predicted molar refractivity (Wildman–Crippen MR) is 115 cm³/mol. The number of carbonyl (C=O) groups excluding carboxylic acids is 2. The van der Waals surface area contributed by atoms with Crippen molar-refractivity contribution in [2.45, 2.75) is 6.92 Å². The number of rotatable bonds is 4. The summed E-state index contributed by atoms with van der Waals surface area (Å²) in [5.74, 6) is -0.811. The molecule has 0 saturated heterocycles. The Bertz CT molecular complexity index is 1120. The van der Waals surface area contributed by atoms with E-state index in [1.807, 2.05) is 24.4 Å². The zero-order valence-electron chi connectivity index (χ0n) is 14.7. The summed E-state index contributed by atoms with van der Waals surface area (Å²) in [6.07, 6.45) is 0. The number of benzene rings is 2. The first kappa shape index (κ1) is 18.7. The third-order valence-electron chi connectivity index (χ3n) is 4.37. The van der Waals surface area contributed by atoms with Crippen LogP contribution in [0.25, 0.3) is 5.57 Å². The van der Waals surface area contributed by atoms with Crippen molar-refractivity contribution >= 4 is 63.3 Å². The maximum Gasteiger partial charge on any atom is 0.282 e. The highest BCUT2D eigenvalue weighted by Crippen LogP contribution is 2.36. The Morgan fingerprint density at radius 1 is 0.929 bits per heavy atom. The molecule has 0 unspecified atom stereocenters. The third-order valence-corrected chi connectivity index (χ3v) is 5.72. The molecule has 2 heterocycles. The van der Waals surface area contributed by atoms with Crippen molar-refractivity contribution in [2.75, 3.05) is 10.2 Å². The summed E-state index contributed by atoms with van der Waals surface area (Å²) >= 11 is 13.5. The van der Waals surface area contributed by atoms with Gasteiger partial charge in [-0.25, -0.2) is 4.90 Å². The Hall–Kier alpha value is -2.60. The topological polar surface area (TPSA) is 49.4 Å². The number of imide groups is 1. The van der Waals surface area contributed by atoms with Crippen molar-refractivity contribution in [2.24, 2.45) is 0 Å². The molecule has 28 heavy (non-hydrogen) atoms. The summed E-state index contributed by atoms with van der Waals surface area (Å²) in [6.45, 7) is 1.88. The van der Waals surface area contributed by atoms with Gasteiger partial charge >= 0.3 is 0 Å². The molecule has 0 radical (unpaired) electrons. The van der Waals surface area contributed by atoms with Crippen molar-refractivity contribution in [3.8, 4) is 0 Å². The zero-order valence-corrected chi connectivity index (χ0v) is 17.0. The molecule has 1 aliphatic heterocycles. The van der Waals surface area contributed by atoms with Crippen LogP contribution in [0.3, 0.4) is 0 Å². The first-order valence-electron chi connectivity index (χ1n) is 8.41. The molecule has 2 aromatic carbocycles. The van der Waals surface area contributed by atoms with Gasteiger partial charge in [0.1, 0.15) is 5.70 Å². The summed E-state index contributed by atoms with van der Waals surface area (Å²) < 4.78 is 0. The van der Waals surface area contributed by atoms with E-state index in [0.717, 1.165) is 15.3 Å². The van der Waals surface area contributed by atoms with Crippen molar-refractivity contribution in [3.05, 3.63) is 86.2 Å². The highest BCUT2D eigenvalue weighted by molar-refractivity contribution is 7.11. The number of carbonyl (C=O) groups is 2. The third kappa shape index (κ3) is 3.33. The SMILES string of the molecule is Cc1cc(Cl)ccc1NC1=C(c2cccs2)C(=O)N(c2cccc(Cl)c2)C1=O. The molecule has 3 aromatic rings. The first-order chi connectivity index (χ1) is 13.5. The molecule has 2 amide bonds. The first-order valence-corrected chi connectivity index (χ1v) is 10.0. The van der Waals surface area contributed by atoms with Gasteiger partial charge in [-0.1, -0.05) is 35.3 Å². The van der Waals surface area contributed by atoms with Crippen LogP contribution in [0, 0.1) is 6.92 Å². The molecule has 7 heteroatoms. The number of nitrogens with one attached hydrogen (secondary N) is 1. The number of nitrogens with zero attached hydrogens (tertiary/aromatic N) is 1. The highest BCUT2D eigenvalue weighted by Gasteiger charge is 2.40. The summed E-state index contributed by atoms with van der Waals surface area (Å²) in [4.78, 5) is 28.3. The fraction of sp³-hybridized carbons (Fsp3) is 0.0476. The van der Waals surface area contributed by atoms with E-state index >= 15 is 0 Å². The van der Waals surface area contributed by atoms with E-state index < -0.39 is 5.91 Å². The Kier molecular flexibility index (Phi) is 4.98. The van der Waals surface area contributed by atoms with Crippen molar-refractivity contribution in [3.63, 3.8) is 0 Å². The van der Waals surface area contributed by atoms with Crippen LogP contribution in [-0.4, -0.2) is 11.8 Å². The minimum Gasteiger partial charge on any atom is -0.350 e. The average Bonchev–Trinajstić information content (AvgIpc) is 3.24. The number of hydrogen-bond donors (Lipinski definition) is 1. The molecule has 4 nitrogen and oxygen atoms in total. The number of halogens is 2. The van der Waals surface area contributed by atoms with Gasteiger partial charge in [0, 0.05) is 20.6 Å². The number of anilines is 2. The molecule has 0 spiro atoms. The summed E-state index contributed by atoms with van der Waals surface area (Å²) in [5, 5.41) is 6.07. The second-order valence-electron chi connectivity index (χ2n) is 6.24. The van der Waals surface area contributed by atoms with Crippen LogP contribution in [0.5, 0.6) is 0 Å². The molecule has 1 N–H and O–H groups in total. The molecule has 0 aliphatic carbocycles. The van der Waals surface area contributed by atoms with Gasteiger partial charge in [-0.3, -0.25) is 9.59 Å². The van der Waals surface area contributed by atoms with E-state index in [1.165, 1.54) is 11.3 Å². The molecule has 0 fully saturated rings. The molecular weight excluding hydrogens is 415 g/mol. The molecular formula is C21H14Cl2N2O2S. The molecule has 140 valence electrons. The van der Waals surface area contributed by atoms with Crippen LogP contribution in [0.2, 0.25) is 10.0 Å². The van der Waals surface area contributed by atoms with Crippen LogP contribution in [-0.2, 0) is 9.59 Å². The molecule has 1 aromatic heterocycles. The minimum atomic E-state index is -0.426. The van der Waals surface area contributed by atoms with Gasteiger partial charge in [0.15, 0.2) is 0 Å². The van der Waals surface area contributed by atoms with E-state index in [1.54, 1.807) is 42.5 Å². The smallest absolute Gasteiger partial charge is 0.282 e. The van der Waals surface area contributed by atoms with E-state index in [9.17, 15) is 9.59 Å². The van der Waals surface area contributed by atoms with Crippen molar-refractivity contribution in [1.29, 1.82) is 0 Å². The van der Waals surface area contributed by atoms with Crippen molar-refractivity contribution < 1.29 is 9.59 Å².